The van der Waals surface area contributed by atoms with E-state index >= 15 is 0 Å². The summed E-state index contributed by atoms with van der Waals surface area (Å²) in [4.78, 5) is 24.1. The number of sulfonamides is 1. The van der Waals surface area contributed by atoms with Crippen LogP contribution in [-0.4, -0.2) is 61.5 Å². The minimum atomic E-state index is -4.90. The average molecular weight is 395 g/mol. The Morgan fingerprint density at radius 3 is 2.23 bits per heavy atom. The fourth-order valence-electron chi connectivity index (χ4n) is 2.52. The molecule has 2 N–H and O–H groups in total. The number of nitrogens with zero attached hydrogens (tertiary/aromatic N) is 2. The molecule has 1 aliphatic rings. The number of alkyl halides is 3. The van der Waals surface area contributed by atoms with Gasteiger partial charge in [0.25, 0.3) is 0 Å². The highest BCUT2D eigenvalue weighted by Gasteiger charge is 2.40. The summed E-state index contributed by atoms with van der Waals surface area (Å²) in [7, 11) is -4.21. The number of amides is 2. The molecule has 1 aromatic carbocycles. The van der Waals surface area contributed by atoms with E-state index in [2.05, 4.69) is 4.74 Å². The fraction of sp³-hybridized carbons (Fsp3) is 0.429. The van der Waals surface area contributed by atoms with Crippen LogP contribution in [0.25, 0.3) is 0 Å². The molecule has 0 saturated carbocycles. The Morgan fingerprint density at radius 1 is 1.19 bits per heavy atom. The Balaban J connectivity index is 2.28. The molecular formula is C14H16F3N3O5S. The van der Waals surface area contributed by atoms with Crippen molar-refractivity contribution < 1.29 is 35.9 Å². The molecule has 0 spiro atoms. The molecular weight excluding hydrogens is 379 g/mol. The molecule has 8 nitrogen and oxygen atoms in total. The summed E-state index contributed by atoms with van der Waals surface area (Å²) in [6, 6.07) is 2.30. The predicted octanol–water partition coefficient (Wildman–Crippen LogP) is 0.292. The third kappa shape index (κ3) is 4.43. The maximum Gasteiger partial charge on any atom is 0.573 e. The predicted molar refractivity (Wildman–Crippen MR) is 82.3 cm³/mol. The minimum absolute atomic E-state index is 0.0631. The molecule has 0 unspecified atom stereocenters. The lowest BCUT2D eigenvalue weighted by Crippen LogP contribution is -2.60. The summed E-state index contributed by atoms with van der Waals surface area (Å²) >= 11 is 0. The first kappa shape index (κ1) is 20.0. The lowest BCUT2D eigenvalue weighted by atomic mass is 10.2. The van der Waals surface area contributed by atoms with E-state index in [0.29, 0.717) is 0 Å². The Kier molecular flexibility index (Phi) is 5.47. The maximum absolute atomic E-state index is 12.7. The van der Waals surface area contributed by atoms with Crippen LogP contribution in [0.1, 0.15) is 6.92 Å². The molecule has 0 aliphatic carbocycles. The van der Waals surface area contributed by atoms with Crippen LogP contribution >= 0.6 is 0 Å². The van der Waals surface area contributed by atoms with E-state index in [0.717, 1.165) is 28.6 Å². The van der Waals surface area contributed by atoms with Gasteiger partial charge in [0, 0.05) is 26.6 Å². The van der Waals surface area contributed by atoms with Crippen LogP contribution in [0.5, 0.6) is 5.75 Å². The SMILES string of the molecule is CC(=O)N1CCN(S(=O)(=O)c2ccc(OC(F)(F)F)cc2)[C@@H](C(N)=O)C1. The van der Waals surface area contributed by atoms with E-state index in [-0.39, 0.29) is 30.4 Å². The van der Waals surface area contributed by atoms with Gasteiger partial charge in [0.2, 0.25) is 21.8 Å². The van der Waals surface area contributed by atoms with Crippen LogP contribution in [0.4, 0.5) is 13.2 Å². The van der Waals surface area contributed by atoms with Gasteiger partial charge in [0.05, 0.1) is 4.90 Å². The van der Waals surface area contributed by atoms with E-state index in [9.17, 15) is 31.2 Å². The summed E-state index contributed by atoms with van der Waals surface area (Å²) in [6.07, 6.45) is -4.90. The van der Waals surface area contributed by atoms with Crippen LogP contribution in [-0.2, 0) is 19.6 Å². The molecule has 0 bridgehead atoms. The van der Waals surface area contributed by atoms with Gasteiger partial charge in [-0.2, -0.15) is 4.31 Å². The molecule has 144 valence electrons. The van der Waals surface area contributed by atoms with Crippen LogP contribution in [0.2, 0.25) is 0 Å². The average Bonchev–Trinajstić information content (AvgIpc) is 2.53. The second kappa shape index (κ2) is 7.11. The second-order valence-corrected chi connectivity index (χ2v) is 7.41. The standard InChI is InChI=1S/C14H16F3N3O5S/c1-9(21)19-6-7-20(12(8-19)13(18)22)26(23,24)11-4-2-10(3-5-11)25-14(15,16)17/h2-5,12H,6-8H2,1H3,(H2,18,22)/t12-/m1/s1. The maximum atomic E-state index is 12.7. The quantitative estimate of drug-likeness (QED) is 0.788. The van der Waals surface area contributed by atoms with Gasteiger partial charge in [-0.1, -0.05) is 0 Å². The zero-order valence-corrected chi connectivity index (χ0v) is 14.4. The molecule has 0 aromatic heterocycles. The van der Waals surface area contributed by atoms with Gasteiger partial charge >= 0.3 is 6.36 Å². The van der Waals surface area contributed by atoms with Crippen molar-refractivity contribution >= 4 is 21.8 Å². The number of hydrogen-bond acceptors (Lipinski definition) is 5. The summed E-state index contributed by atoms with van der Waals surface area (Å²) in [6.45, 7) is 0.977. The highest BCUT2D eigenvalue weighted by Crippen LogP contribution is 2.26. The normalized spacial score (nSPS) is 19.2. The molecule has 1 aliphatic heterocycles. The number of piperazine rings is 1. The van der Waals surface area contributed by atoms with Gasteiger partial charge in [-0.05, 0) is 24.3 Å². The molecule has 1 atom stereocenters. The molecule has 2 amide bonds. The zero-order valence-electron chi connectivity index (χ0n) is 13.6. The molecule has 26 heavy (non-hydrogen) atoms. The van der Waals surface area contributed by atoms with Gasteiger partial charge in [-0.3, -0.25) is 9.59 Å². The summed E-state index contributed by atoms with van der Waals surface area (Å²) in [5, 5.41) is 0. The van der Waals surface area contributed by atoms with Crippen molar-refractivity contribution in [2.75, 3.05) is 19.6 Å². The number of carbonyl (C=O) groups is 2. The van der Waals surface area contributed by atoms with Crippen LogP contribution in [0.3, 0.4) is 0 Å². The van der Waals surface area contributed by atoms with Gasteiger partial charge in [-0.15, -0.1) is 13.2 Å². The number of nitrogens with two attached hydrogens (primary N) is 1. The Bertz CT molecular complexity index is 795. The summed E-state index contributed by atoms with van der Waals surface area (Å²) < 4.78 is 66.5. The summed E-state index contributed by atoms with van der Waals surface area (Å²) in [5.41, 5.74) is 5.26. The van der Waals surface area contributed by atoms with E-state index < -0.39 is 34.1 Å². The molecule has 2 rings (SSSR count). The number of rotatable bonds is 4. The smallest absolute Gasteiger partial charge is 0.406 e. The molecule has 0 radical (unpaired) electrons. The summed E-state index contributed by atoms with van der Waals surface area (Å²) in [5.74, 6) is -1.84. The largest absolute Gasteiger partial charge is 0.573 e. The number of primary amides is 1. The first-order valence-electron chi connectivity index (χ1n) is 7.34. The number of hydrogen-bond donors (Lipinski definition) is 1. The number of benzene rings is 1. The van der Waals surface area contributed by atoms with Crippen molar-refractivity contribution in [2.45, 2.75) is 24.2 Å². The lowest BCUT2D eigenvalue weighted by Gasteiger charge is -2.38. The minimum Gasteiger partial charge on any atom is -0.406 e. The number of ether oxygens (including phenoxy) is 1. The van der Waals surface area contributed by atoms with Crippen molar-refractivity contribution in [3.8, 4) is 5.75 Å². The highest BCUT2D eigenvalue weighted by molar-refractivity contribution is 7.89. The fourth-order valence-corrected chi connectivity index (χ4v) is 4.10. The first-order chi connectivity index (χ1) is 11.9. The van der Waals surface area contributed by atoms with Gasteiger partial charge in [-0.25, -0.2) is 8.42 Å². The van der Waals surface area contributed by atoms with Gasteiger partial charge < -0.3 is 15.4 Å². The van der Waals surface area contributed by atoms with Crippen molar-refractivity contribution in [1.82, 2.24) is 9.21 Å². The van der Waals surface area contributed by atoms with Crippen LogP contribution in [0.15, 0.2) is 29.2 Å². The molecule has 1 fully saturated rings. The van der Waals surface area contributed by atoms with Crippen molar-refractivity contribution in [3.05, 3.63) is 24.3 Å². The van der Waals surface area contributed by atoms with E-state index in [1.807, 2.05) is 0 Å². The lowest BCUT2D eigenvalue weighted by molar-refractivity contribution is -0.274. The molecule has 1 heterocycles. The monoisotopic (exact) mass is 395 g/mol. The van der Waals surface area contributed by atoms with Crippen molar-refractivity contribution in [3.63, 3.8) is 0 Å². The van der Waals surface area contributed by atoms with E-state index in [1.165, 1.54) is 11.8 Å². The van der Waals surface area contributed by atoms with Gasteiger partial charge in [0.15, 0.2) is 0 Å². The number of halogens is 3. The first-order valence-corrected chi connectivity index (χ1v) is 8.78. The Labute approximate surface area is 147 Å². The third-order valence-corrected chi connectivity index (χ3v) is 5.69. The highest BCUT2D eigenvalue weighted by atomic mass is 32.2. The Morgan fingerprint density at radius 2 is 1.77 bits per heavy atom. The van der Waals surface area contributed by atoms with E-state index in [4.69, 9.17) is 5.73 Å². The second-order valence-electron chi connectivity index (χ2n) is 5.52. The zero-order chi connectivity index (χ0) is 19.7. The third-order valence-electron chi connectivity index (χ3n) is 3.77. The van der Waals surface area contributed by atoms with Gasteiger partial charge in [0.1, 0.15) is 11.8 Å². The van der Waals surface area contributed by atoms with Crippen molar-refractivity contribution in [1.29, 1.82) is 0 Å². The van der Waals surface area contributed by atoms with Crippen LogP contribution < -0.4 is 10.5 Å². The van der Waals surface area contributed by atoms with Crippen LogP contribution in [0, 0.1) is 0 Å². The molecule has 12 heteroatoms. The Hall–Kier alpha value is -2.34. The van der Waals surface area contributed by atoms with E-state index in [1.54, 1.807) is 0 Å². The molecule has 1 saturated heterocycles. The number of carbonyl (C=O) groups excluding carboxylic acids is 2. The topological polar surface area (TPSA) is 110 Å². The van der Waals surface area contributed by atoms with Crippen molar-refractivity contribution in [2.24, 2.45) is 5.73 Å². The molecule has 1 aromatic rings.